The number of carbonyl (C=O) groups is 8. The van der Waals surface area contributed by atoms with Gasteiger partial charge in [-0.25, -0.2) is 19.2 Å². The fourth-order valence-electron chi connectivity index (χ4n) is 6.79. The Hall–Kier alpha value is -5.42. The molecular weight excluding hydrogens is 755 g/mol. The topological polar surface area (TPSA) is 201 Å². The zero-order valence-corrected chi connectivity index (χ0v) is 32.1. The highest BCUT2D eigenvalue weighted by molar-refractivity contribution is 7.17. The van der Waals surface area contributed by atoms with Gasteiger partial charge in [-0.1, -0.05) is 0 Å². The molecule has 2 N–H and O–H groups in total. The lowest BCUT2D eigenvalue weighted by molar-refractivity contribution is -0.150. The summed E-state index contributed by atoms with van der Waals surface area (Å²) >= 11 is 2.57. The maximum atomic E-state index is 13.4. The first-order valence-electron chi connectivity index (χ1n) is 18.0. The maximum absolute atomic E-state index is 13.4. The van der Waals surface area contributed by atoms with Crippen molar-refractivity contribution in [2.24, 2.45) is 0 Å². The molecule has 55 heavy (non-hydrogen) atoms. The first kappa shape index (κ1) is 39.3. The molecule has 0 fully saturated rings. The van der Waals surface area contributed by atoms with Gasteiger partial charge in [0.05, 0.1) is 41.0 Å². The molecule has 290 valence electrons. The molecule has 2 aromatic heterocycles. The van der Waals surface area contributed by atoms with Gasteiger partial charge in [0.25, 0.3) is 23.6 Å². The molecule has 0 saturated heterocycles. The van der Waals surface area contributed by atoms with Gasteiger partial charge >= 0.3 is 23.9 Å². The van der Waals surface area contributed by atoms with Crippen LogP contribution in [0, 0.1) is 0 Å². The highest BCUT2D eigenvalue weighted by Gasteiger charge is 2.42. The van der Waals surface area contributed by atoms with Crippen LogP contribution in [0.15, 0.2) is 18.2 Å². The van der Waals surface area contributed by atoms with E-state index in [1.807, 2.05) is 0 Å². The molecule has 1 unspecified atom stereocenters. The summed E-state index contributed by atoms with van der Waals surface area (Å²) in [4.78, 5) is 106. The van der Waals surface area contributed by atoms with Crippen LogP contribution < -0.4 is 10.6 Å². The average Bonchev–Trinajstić information content (AvgIpc) is 3.80. The molecule has 0 saturated carbocycles. The number of nitrogens with zero attached hydrogens (tertiary/aromatic N) is 1. The van der Waals surface area contributed by atoms with Crippen molar-refractivity contribution in [3.8, 4) is 0 Å². The van der Waals surface area contributed by atoms with Crippen LogP contribution in [0.2, 0.25) is 0 Å². The summed E-state index contributed by atoms with van der Waals surface area (Å²) in [6.07, 6.45) is 6.66. The maximum Gasteiger partial charge on any atom is 0.341 e. The Morgan fingerprint density at radius 1 is 0.673 bits per heavy atom. The van der Waals surface area contributed by atoms with E-state index in [2.05, 4.69) is 10.6 Å². The van der Waals surface area contributed by atoms with E-state index in [-0.39, 0.29) is 29.9 Å². The van der Waals surface area contributed by atoms with Gasteiger partial charge < -0.3 is 29.6 Å². The summed E-state index contributed by atoms with van der Waals surface area (Å²) in [5.41, 5.74) is 1.96. The molecule has 1 aliphatic heterocycles. The lowest BCUT2D eigenvalue weighted by Crippen LogP contribution is -2.44. The Labute approximate surface area is 323 Å². The lowest BCUT2D eigenvalue weighted by atomic mass is 9.95. The minimum absolute atomic E-state index is 0.0713. The summed E-state index contributed by atoms with van der Waals surface area (Å²) in [6, 6.07) is 2.18. The SMILES string of the molecule is CCOC(=O)c1c(NC(=O)COC(=O)c2ccc3c(c2)C(=O)N(C(C)C(=O)OCC(=O)Nc2sc4c(c2C(=O)OCC)CCCC4)C3=O)sc2c1CCCC2. The van der Waals surface area contributed by atoms with Crippen molar-refractivity contribution in [2.75, 3.05) is 37.1 Å². The van der Waals surface area contributed by atoms with Crippen molar-refractivity contribution in [3.63, 3.8) is 0 Å². The molecule has 3 aromatic rings. The summed E-state index contributed by atoms with van der Waals surface area (Å²) in [6.45, 7) is 3.52. The number of esters is 4. The molecule has 3 heterocycles. The largest absolute Gasteiger partial charge is 0.462 e. The van der Waals surface area contributed by atoms with E-state index in [1.54, 1.807) is 13.8 Å². The number of anilines is 2. The number of aryl methyl sites for hydroxylation is 2. The van der Waals surface area contributed by atoms with E-state index in [1.165, 1.54) is 41.7 Å². The van der Waals surface area contributed by atoms with Crippen LogP contribution in [-0.4, -0.2) is 84.9 Å². The van der Waals surface area contributed by atoms with Crippen LogP contribution in [-0.2, 0) is 59.0 Å². The fraction of sp³-hybridized carbons (Fsp3) is 0.421. The molecule has 1 atom stereocenters. The van der Waals surface area contributed by atoms with Crippen LogP contribution in [0.25, 0.3) is 0 Å². The number of hydrogen-bond donors (Lipinski definition) is 2. The third-order valence-corrected chi connectivity index (χ3v) is 11.8. The van der Waals surface area contributed by atoms with Gasteiger partial charge in [0.1, 0.15) is 16.0 Å². The fourth-order valence-corrected chi connectivity index (χ4v) is 9.37. The van der Waals surface area contributed by atoms with Crippen molar-refractivity contribution >= 4 is 80.2 Å². The second-order valence-electron chi connectivity index (χ2n) is 13.0. The summed E-state index contributed by atoms with van der Waals surface area (Å²) < 4.78 is 20.8. The number of imide groups is 1. The van der Waals surface area contributed by atoms with Crippen LogP contribution in [0.1, 0.15) is 119 Å². The zero-order valence-electron chi connectivity index (χ0n) is 30.5. The summed E-state index contributed by atoms with van der Waals surface area (Å²) in [5.74, 6) is -6.18. The van der Waals surface area contributed by atoms with Gasteiger partial charge in [0.2, 0.25) is 0 Å². The minimum Gasteiger partial charge on any atom is -0.462 e. The third kappa shape index (κ3) is 8.17. The molecule has 1 aromatic carbocycles. The Kier molecular flexibility index (Phi) is 12.1. The number of rotatable bonds is 13. The monoisotopic (exact) mass is 793 g/mol. The third-order valence-electron chi connectivity index (χ3n) is 9.37. The Morgan fingerprint density at radius 2 is 1.16 bits per heavy atom. The molecule has 3 aliphatic rings. The van der Waals surface area contributed by atoms with Crippen molar-refractivity contribution in [1.82, 2.24) is 4.90 Å². The lowest BCUT2D eigenvalue weighted by Gasteiger charge is -2.20. The highest BCUT2D eigenvalue weighted by Crippen LogP contribution is 2.40. The van der Waals surface area contributed by atoms with Gasteiger partial charge in [0, 0.05) is 9.75 Å². The first-order chi connectivity index (χ1) is 26.4. The minimum atomic E-state index is -1.44. The second-order valence-corrected chi connectivity index (χ2v) is 15.2. The molecule has 4 amide bonds. The van der Waals surface area contributed by atoms with Gasteiger partial charge in [-0.2, -0.15) is 0 Å². The van der Waals surface area contributed by atoms with E-state index in [0.29, 0.717) is 38.9 Å². The van der Waals surface area contributed by atoms with Crippen molar-refractivity contribution in [1.29, 1.82) is 0 Å². The molecule has 15 nitrogen and oxygen atoms in total. The van der Waals surface area contributed by atoms with Gasteiger partial charge in [-0.15, -0.1) is 22.7 Å². The Balaban J connectivity index is 1.04. The first-order valence-corrected chi connectivity index (χ1v) is 19.6. The predicted molar refractivity (Wildman–Crippen MR) is 199 cm³/mol. The molecule has 6 rings (SSSR count). The second kappa shape index (κ2) is 16.9. The summed E-state index contributed by atoms with van der Waals surface area (Å²) in [7, 11) is 0. The Morgan fingerprint density at radius 3 is 1.69 bits per heavy atom. The number of ether oxygens (including phenoxy) is 4. The van der Waals surface area contributed by atoms with Crippen molar-refractivity contribution in [3.05, 3.63) is 66.9 Å². The molecule has 0 spiro atoms. The average molecular weight is 794 g/mol. The predicted octanol–water partition coefficient (Wildman–Crippen LogP) is 4.88. The van der Waals surface area contributed by atoms with Crippen LogP contribution in [0.3, 0.4) is 0 Å². The summed E-state index contributed by atoms with van der Waals surface area (Å²) in [5, 5.41) is 5.92. The number of hydrogen-bond acceptors (Lipinski definition) is 14. The number of carbonyl (C=O) groups excluding carboxylic acids is 8. The molecule has 0 bridgehead atoms. The quantitative estimate of drug-likeness (QED) is 0.135. The van der Waals surface area contributed by atoms with E-state index >= 15 is 0 Å². The van der Waals surface area contributed by atoms with Crippen LogP contribution >= 0.6 is 22.7 Å². The van der Waals surface area contributed by atoms with Crippen molar-refractivity contribution < 1.29 is 57.3 Å². The number of fused-ring (bicyclic) bond motifs is 3. The van der Waals surface area contributed by atoms with Gasteiger partial charge in [-0.05, 0) is 101 Å². The smallest absolute Gasteiger partial charge is 0.341 e. The van der Waals surface area contributed by atoms with E-state index in [4.69, 9.17) is 18.9 Å². The number of nitrogens with one attached hydrogen (secondary N) is 2. The number of benzene rings is 1. The molecular formula is C38H39N3O12S2. The van der Waals surface area contributed by atoms with E-state index in [0.717, 1.165) is 65.5 Å². The zero-order chi connectivity index (χ0) is 39.4. The molecule has 2 aliphatic carbocycles. The highest BCUT2D eigenvalue weighted by atomic mass is 32.1. The standard InChI is InChI=1S/C38H39N3O12S2/c1-4-50-37(48)29-22-10-6-8-12-25(22)54-31(29)39-27(42)17-52-35(46)19(3)41-33(44)21-15-14-20(16-24(21)34(41)45)36(47)53-18-28(43)40-32-30(38(49)51-5-2)23-11-7-9-13-26(23)55-32/h14-16,19H,4-13,17-18H2,1-3H3,(H,39,42)(H,40,43). The van der Waals surface area contributed by atoms with E-state index in [9.17, 15) is 38.4 Å². The van der Waals surface area contributed by atoms with E-state index < -0.39 is 66.8 Å². The molecule has 0 radical (unpaired) electrons. The van der Waals surface area contributed by atoms with Crippen LogP contribution in [0.4, 0.5) is 10.0 Å². The van der Waals surface area contributed by atoms with Crippen molar-refractivity contribution in [2.45, 2.75) is 78.2 Å². The number of thiophene rings is 2. The van der Waals surface area contributed by atoms with Crippen LogP contribution in [0.5, 0.6) is 0 Å². The van der Waals surface area contributed by atoms with Gasteiger partial charge in [0.15, 0.2) is 13.2 Å². The number of amides is 4. The normalized spacial score (nSPS) is 14.9. The molecule has 17 heteroatoms. The van der Waals surface area contributed by atoms with Gasteiger partial charge in [-0.3, -0.25) is 24.1 Å². The Bertz CT molecular complexity index is 2100.